The summed E-state index contributed by atoms with van der Waals surface area (Å²) in [6.07, 6.45) is -1.08. The molecule has 1 N–H and O–H groups in total. The number of halogens is 2. The molecule has 4 nitrogen and oxygen atoms in total. The Labute approximate surface area is 111 Å². The average Bonchev–Trinajstić information content (AvgIpc) is 2.36. The van der Waals surface area contributed by atoms with Gasteiger partial charge in [-0.1, -0.05) is 0 Å². The van der Waals surface area contributed by atoms with Gasteiger partial charge in [0.25, 0.3) is 0 Å². The van der Waals surface area contributed by atoms with Crippen molar-refractivity contribution in [3.05, 3.63) is 11.4 Å². The van der Waals surface area contributed by atoms with Crippen molar-refractivity contribution < 1.29 is 14.2 Å². The summed E-state index contributed by atoms with van der Waals surface area (Å²) < 4.78 is 19.4. The van der Waals surface area contributed by atoms with E-state index in [0.29, 0.717) is 25.5 Å². The quantitative estimate of drug-likeness (QED) is 0.611. The minimum absolute atomic E-state index is 0.252. The van der Waals surface area contributed by atoms with Crippen molar-refractivity contribution in [2.75, 3.05) is 19.8 Å². The zero-order chi connectivity index (χ0) is 13.3. The van der Waals surface area contributed by atoms with Gasteiger partial charge in [0.2, 0.25) is 0 Å². The number of allylic oxidation sites excluding steroid dienone is 1. The molecule has 18 heavy (non-hydrogen) atoms. The van der Waals surface area contributed by atoms with Crippen LogP contribution in [-0.4, -0.2) is 59.7 Å². The summed E-state index contributed by atoms with van der Waals surface area (Å²) in [6.45, 7) is 5.11. The Morgan fingerprint density at radius 1 is 1.67 bits per heavy atom. The van der Waals surface area contributed by atoms with Gasteiger partial charge in [-0.3, -0.25) is 4.99 Å². The normalized spacial score (nSPS) is 34.9. The summed E-state index contributed by atoms with van der Waals surface area (Å²) in [5.74, 6) is 0. The number of aliphatic imine (C=N–C) groups is 1. The van der Waals surface area contributed by atoms with Gasteiger partial charge >= 0.3 is 0 Å². The average molecular weight is 277 g/mol. The van der Waals surface area contributed by atoms with E-state index in [4.69, 9.17) is 16.3 Å². The molecule has 0 aliphatic carbocycles. The Kier molecular flexibility index (Phi) is 4.25. The van der Waals surface area contributed by atoms with E-state index in [1.807, 2.05) is 11.8 Å². The van der Waals surface area contributed by atoms with Crippen LogP contribution in [0.4, 0.5) is 4.39 Å². The maximum Gasteiger partial charge on any atom is 0.154 e. The molecule has 2 aliphatic rings. The highest BCUT2D eigenvalue weighted by atomic mass is 35.5. The lowest BCUT2D eigenvalue weighted by molar-refractivity contribution is -0.0603. The van der Waals surface area contributed by atoms with E-state index >= 15 is 0 Å². The number of aliphatic hydroxyl groups excluding tert-OH is 1. The van der Waals surface area contributed by atoms with E-state index in [-0.39, 0.29) is 5.38 Å². The Hall–Kier alpha value is -0.650. The number of rotatable bonds is 2. The van der Waals surface area contributed by atoms with Crippen LogP contribution in [0, 0.1) is 0 Å². The van der Waals surface area contributed by atoms with Crippen molar-refractivity contribution >= 4 is 17.8 Å². The first-order valence-corrected chi connectivity index (χ1v) is 6.51. The smallest absolute Gasteiger partial charge is 0.154 e. The molecule has 102 valence electrons. The predicted octanol–water partition coefficient (Wildman–Crippen LogP) is 1.33. The summed E-state index contributed by atoms with van der Waals surface area (Å²) in [5.41, 5.74) is 1.17. The molecule has 6 heteroatoms. The molecule has 2 aliphatic heterocycles. The third-order valence-electron chi connectivity index (χ3n) is 3.34. The molecular weight excluding hydrogens is 259 g/mol. The van der Waals surface area contributed by atoms with Crippen LogP contribution >= 0.6 is 11.6 Å². The second-order valence-electron chi connectivity index (χ2n) is 4.65. The molecule has 4 atom stereocenters. The van der Waals surface area contributed by atoms with Gasteiger partial charge in [0.1, 0.15) is 6.10 Å². The highest BCUT2D eigenvalue weighted by molar-refractivity contribution is 6.27. The molecule has 0 aromatic heterocycles. The van der Waals surface area contributed by atoms with Crippen molar-refractivity contribution in [3.8, 4) is 0 Å². The molecule has 0 aromatic carbocycles. The summed E-state index contributed by atoms with van der Waals surface area (Å²) in [4.78, 5) is 6.06. The maximum atomic E-state index is 14.1. The lowest BCUT2D eigenvalue weighted by Gasteiger charge is -2.44. The second-order valence-corrected chi connectivity index (χ2v) is 5.34. The Morgan fingerprint density at radius 2 is 2.39 bits per heavy atom. The third-order valence-corrected chi connectivity index (χ3v) is 3.45. The number of ether oxygens (including phenoxy) is 1. The molecule has 2 heterocycles. The molecule has 0 amide bonds. The Balaban J connectivity index is 2.30. The van der Waals surface area contributed by atoms with Crippen LogP contribution in [0.3, 0.4) is 0 Å². The fraction of sp³-hybridized carbons (Fsp3) is 0.750. The largest absolute Gasteiger partial charge is 0.384 e. The molecule has 0 aromatic rings. The molecule has 1 saturated heterocycles. The molecule has 0 saturated carbocycles. The zero-order valence-corrected chi connectivity index (χ0v) is 11.3. The van der Waals surface area contributed by atoms with Crippen LogP contribution in [0.15, 0.2) is 16.4 Å². The standard InChI is InChI=1S/C12H18ClFN2O2/c1-7(13)5-15-11-8(2)16-3-4-18-6-9(16)10(14)12(11)17/h5,7,9-10,12,17H,3-4,6H2,1-2H3/b15-5-. The molecule has 0 spiro atoms. The number of fused-ring (bicyclic) bond motifs is 1. The molecular formula is C12H18ClFN2O2. The zero-order valence-electron chi connectivity index (χ0n) is 10.5. The van der Waals surface area contributed by atoms with Gasteiger partial charge in [0.05, 0.1) is 30.3 Å². The SMILES string of the molecule is CC1=C(/N=C\C(C)Cl)C(O)C(F)C2COCCN12. The number of hydrogen-bond donors (Lipinski definition) is 1. The van der Waals surface area contributed by atoms with Crippen LogP contribution < -0.4 is 0 Å². The number of nitrogens with zero attached hydrogens (tertiary/aromatic N) is 2. The summed E-state index contributed by atoms with van der Waals surface area (Å²) in [7, 11) is 0. The van der Waals surface area contributed by atoms with Crippen molar-refractivity contribution in [3.63, 3.8) is 0 Å². The van der Waals surface area contributed by atoms with Crippen LogP contribution in [0.1, 0.15) is 13.8 Å². The van der Waals surface area contributed by atoms with Gasteiger partial charge in [-0.15, -0.1) is 11.6 Å². The highest BCUT2D eigenvalue weighted by Gasteiger charge is 2.42. The third kappa shape index (κ3) is 2.53. The Bertz CT molecular complexity index is 373. The highest BCUT2D eigenvalue weighted by Crippen LogP contribution is 2.31. The predicted molar refractivity (Wildman–Crippen MR) is 68.7 cm³/mol. The minimum Gasteiger partial charge on any atom is -0.384 e. The summed E-state index contributed by atoms with van der Waals surface area (Å²) in [5, 5.41) is 9.74. The van der Waals surface area contributed by atoms with Gasteiger partial charge in [-0.25, -0.2) is 4.39 Å². The fourth-order valence-corrected chi connectivity index (χ4v) is 2.43. The molecule has 1 fully saturated rings. The first-order valence-electron chi connectivity index (χ1n) is 6.08. The maximum absolute atomic E-state index is 14.1. The van der Waals surface area contributed by atoms with E-state index in [1.165, 1.54) is 6.21 Å². The monoisotopic (exact) mass is 276 g/mol. The van der Waals surface area contributed by atoms with Gasteiger partial charge in [-0.2, -0.15) is 0 Å². The van der Waals surface area contributed by atoms with E-state index in [2.05, 4.69) is 4.99 Å². The number of alkyl halides is 2. The lowest BCUT2D eigenvalue weighted by atomic mass is 9.95. The summed E-state index contributed by atoms with van der Waals surface area (Å²) >= 11 is 5.79. The second kappa shape index (κ2) is 5.55. The molecule has 0 radical (unpaired) electrons. The van der Waals surface area contributed by atoms with E-state index in [9.17, 15) is 9.50 Å². The molecule has 2 rings (SSSR count). The van der Waals surface area contributed by atoms with Gasteiger partial charge in [0, 0.05) is 18.5 Å². The van der Waals surface area contributed by atoms with Crippen molar-refractivity contribution in [2.45, 2.75) is 37.5 Å². The van der Waals surface area contributed by atoms with E-state index in [1.54, 1.807) is 6.92 Å². The lowest BCUT2D eigenvalue weighted by Crippen LogP contribution is -2.56. The topological polar surface area (TPSA) is 45.1 Å². The molecule has 0 bridgehead atoms. The van der Waals surface area contributed by atoms with Crippen LogP contribution in [0.25, 0.3) is 0 Å². The fourth-order valence-electron chi connectivity index (χ4n) is 2.38. The van der Waals surface area contributed by atoms with Gasteiger partial charge in [-0.05, 0) is 13.8 Å². The van der Waals surface area contributed by atoms with Gasteiger partial charge < -0.3 is 14.7 Å². The first kappa shape index (κ1) is 13.8. The number of morpholine rings is 1. The Morgan fingerprint density at radius 3 is 3.06 bits per heavy atom. The van der Waals surface area contributed by atoms with Crippen molar-refractivity contribution in [1.29, 1.82) is 0 Å². The van der Waals surface area contributed by atoms with Crippen LogP contribution in [0.2, 0.25) is 0 Å². The minimum atomic E-state index is -1.38. The number of hydrogen-bond acceptors (Lipinski definition) is 4. The van der Waals surface area contributed by atoms with Crippen molar-refractivity contribution in [2.24, 2.45) is 4.99 Å². The van der Waals surface area contributed by atoms with Crippen LogP contribution in [-0.2, 0) is 4.74 Å². The van der Waals surface area contributed by atoms with E-state index in [0.717, 1.165) is 5.70 Å². The molecule has 4 unspecified atom stereocenters. The van der Waals surface area contributed by atoms with Crippen molar-refractivity contribution in [1.82, 2.24) is 4.90 Å². The van der Waals surface area contributed by atoms with Crippen LogP contribution in [0.5, 0.6) is 0 Å². The number of aliphatic hydroxyl groups is 1. The van der Waals surface area contributed by atoms with Gasteiger partial charge in [0.15, 0.2) is 6.17 Å². The van der Waals surface area contributed by atoms with E-state index < -0.39 is 18.3 Å². The first-order chi connectivity index (χ1) is 8.52. The summed E-state index contributed by atoms with van der Waals surface area (Å²) in [6, 6.07) is -0.416.